The van der Waals surface area contributed by atoms with E-state index in [0.717, 1.165) is 0 Å². The van der Waals surface area contributed by atoms with Gasteiger partial charge in [0, 0.05) is 11.6 Å². The molecular formula is C19H19F4NO3. The molecule has 2 rings (SSSR count). The predicted octanol–water partition coefficient (Wildman–Crippen LogP) is 4.61. The molecule has 0 amide bonds. The number of carboxylic acid groups (broad SMARTS) is 1. The molecule has 8 heteroatoms. The number of hydrogen-bond donors (Lipinski definition) is 2. The van der Waals surface area contributed by atoms with E-state index in [2.05, 4.69) is 0 Å². The molecule has 0 heterocycles. The van der Waals surface area contributed by atoms with Crippen LogP contribution in [-0.2, 0) is 11.0 Å². The molecular weight excluding hydrogens is 366 g/mol. The Morgan fingerprint density at radius 2 is 1.74 bits per heavy atom. The smallest absolute Gasteiger partial charge is 0.419 e. The molecule has 0 spiro atoms. The van der Waals surface area contributed by atoms with Crippen LogP contribution < -0.4 is 10.5 Å². The molecule has 0 fully saturated rings. The highest BCUT2D eigenvalue weighted by Crippen LogP contribution is 2.40. The Labute approximate surface area is 153 Å². The zero-order valence-corrected chi connectivity index (χ0v) is 14.9. The van der Waals surface area contributed by atoms with Crippen LogP contribution in [-0.4, -0.2) is 18.2 Å². The Morgan fingerprint density at radius 1 is 1.19 bits per heavy atom. The van der Waals surface area contributed by atoms with Crippen molar-refractivity contribution in [3.8, 4) is 16.9 Å². The first-order valence-electron chi connectivity index (χ1n) is 7.99. The summed E-state index contributed by atoms with van der Waals surface area (Å²) in [6, 6.07) is 3.78. The number of aliphatic carboxylic acids is 1. The lowest BCUT2D eigenvalue weighted by Gasteiger charge is -2.19. The number of carboxylic acids is 1. The van der Waals surface area contributed by atoms with Crippen molar-refractivity contribution in [3.05, 3.63) is 52.3 Å². The van der Waals surface area contributed by atoms with E-state index in [1.165, 1.54) is 13.2 Å². The second-order valence-electron chi connectivity index (χ2n) is 6.27. The Balaban J connectivity index is 2.76. The first-order valence-corrected chi connectivity index (χ1v) is 7.99. The molecule has 146 valence electrons. The first kappa shape index (κ1) is 20.7. The minimum Gasteiger partial charge on any atom is -0.497 e. The highest BCUT2D eigenvalue weighted by Gasteiger charge is 2.37. The lowest BCUT2D eigenvalue weighted by molar-refractivity contribution is -0.140. The fourth-order valence-electron chi connectivity index (χ4n) is 3.06. The number of carbonyl (C=O) groups is 1. The van der Waals surface area contributed by atoms with Crippen molar-refractivity contribution < 1.29 is 32.2 Å². The zero-order chi connectivity index (χ0) is 20.5. The van der Waals surface area contributed by atoms with E-state index in [1.807, 2.05) is 0 Å². The molecule has 2 aromatic carbocycles. The summed E-state index contributed by atoms with van der Waals surface area (Å²) in [5.41, 5.74) is 5.54. The van der Waals surface area contributed by atoms with Crippen molar-refractivity contribution in [1.82, 2.24) is 0 Å². The topological polar surface area (TPSA) is 72.5 Å². The van der Waals surface area contributed by atoms with Gasteiger partial charge in [-0.05, 0) is 60.4 Å². The molecule has 3 N–H and O–H groups in total. The molecule has 0 aliphatic heterocycles. The van der Waals surface area contributed by atoms with Crippen LogP contribution in [0.15, 0.2) is 24.3 Å². The highest BCUT2D eigenvalue weighted by atomic mass is 19.4. The van der Waals surface area contributed by atoms with Gasteiger partial charge in [0.25, 0.3) is 0 Å². The third-order valence-corrected chi connectivity index (χ3v) is 4.23. The normalized spacial score (nSPS) is 12.7. The van der Waals surface area contributed by atoms with Crippen LogP contribution in [0.5, 0.6) is 5.75 Å². The number of benzene rings is 2. The van der Waals surface area contributed by atoms with Gasteiger partial charge >= 0.3 is 12.1 Å². The van der Waals surface area contributed by atoms with Crippen LogP contribution in [0.1, 0.15) is 34.7 Å². The molecule has 0 unspecified atom stereocenters. The second-order valence-corrected chi connectivity index (χ2v) is 6.27. The SMILES string of the molecule is COc1cc(C)c(-c2cc([C@@H](N)CC(=O)O)c(F)c(C(F)(F)F)c2)c(C)c1. The fraction of sp³-hybridized carbons (Fsp3) is 0.316. The number of halogens is 4. The first-order chi connectivity index (χ1) is 12.5. The Hall–Kier alpha value is -2.61. The third-order valence-electron chi connectivity index (χ3n) is 4.23. The van der Waals surface area contributed by atoms with Gasteiger partial charge in [0.15, 0.2) is 0 Å². The Morgan fingerprint density at radius 3 is 2.19 bits per heavy atom. The summed E-state index contributed by atoms with van der Waals surface area (Å²) in [5, 5.41) is 8.86. The number of ether oxygens (including phenoxy) is 1. The summed E-state index contributed by atoms with van der Waals surface area (Å²) in [7, 11) is 1.47. The summed E-state index contributed by atoms with van der Waals surface area (Å²) in [4.78, 5) is 10.9. The van der Waals surface area contributed by atoms with Gasteiger partial charge in [-0.1, -0.05) is 0 Å². The molecule has 1 atom stereocenters. The largest absolute Gasteiger partial charge is 0.497 e. The molecule has 0 saturated heterocycles. The third kappa shape index (κ3) is 4.39. The molecule has 4 nitrogen and oxygen atoms in total. The number of alkyl halides is 3. The van der Waals surface area contributed by atoms with Crippen LogP contribution >= 0.6 is 0 Å². The van der Waals surface area contributed by atoms with E-state index in [0.29, 0.717) is 28.5 Å². The lowest BCUT2D eigenvalue weighted by atomic mass is 9.90. The van der Waals surface area contributed by atoms with E-state index in [1.54, 1.807) is 26.0 Å². The van der Waals surface area contributed by atoms with Gasteiger partial charge in [-0.15, -0.1) is 0 Å². The number of nitrogens with two attached hydrogens (primary N) is 1. The maximum absolute atomic E-state index is 14.5. The van der Waals surface area contributed by atoms with Gasteiger partial charge in [0.2, 0.25) is 0 Å². The lowest BCUT2D eigenvalue weighted by Crippen LogP contribution is -2.19. The summed E-state index contributed by atoms with van der Waals surface area (Å²) >= 11 is 0. The Kier molecular flexibility index (Phi) is 5.79. The quantitative estimate of drug-likeness (QED) is 0.737. The molecule has 2 aromatic rings. The van der Waals surface area contributed by atoms with Gasteiger partial charge in [0.05, 0.1) is 19.1 Å². The zero-order valence-electron chi connectivity index (χ0n) is 14.9. The molecule has 0 aliphatic rings. The van der Waals surface area contributed by atoms with E-state index < -0.39 is 41.6 Å². The second kappa shape index (κ2) is 7.56. The molecule has 0 radical (unpaired) electrons. The van der Waals surface area contributed by atoms with Gasteiger partial charge in [0.1, 0.15) is 11.6 Å². The van der Waals surface area contributed by atoms with Crippen molar-refractivity contribution in [2.45, 2.75) is 32.5 Å². The maximum atomic E-state index is 14.5. The number of methoxy groups -OCH3 is 1. The van der Waals surface area contributed by atoms with Gasteiger partial charge in [-0.2, -0.15) is 13.2 Å². The molecule has 27 heavy (non-hydrogen) atoms. The van der Waals surface area contributed by atoms with Crippen LogP contribution in [0.4, 0.5) is 17.6 Å². The fourth-order valence-corrected chi connectivity index (χ4v) is 3.06. The van der Waals surface area contributed by atoms with E-state index >= 15 is 0 Å². The standard InChI is InChI=1S/C19H19F4NO3/c1-9-4-12(27-3)5-10(2)17(9)11-6-13(15(24)8-16(25)26)18(20)14(7-11)19(21,22)23/h4-7,15H,8,24H2,1-3H3,(H,25,26)/t15-/m0/s1. The molecule has 0 aliphatic carbocycles. The van der Waals surface area contributed by atoms with Crippen molar-refractivity contribution in [2.75, 3.05) is 7.11 Å². The minimum atomic E-state index is -4.95. The summed E-state index contributed by atoms with van der Waals surface area (Å²) in [6.45, 7) is 3.39. The van der Waals surface area contributed by atoms with E-state index in [-0.39, 0.29) is 5.56 Å². The van der Waals surface area contributed by atoms with Crippen molar-refractivity contribution in [1.29, 1.82) is 0 Å². The average molecular weight is 385 g/mol. The predicted molar refractivity (Wildman–Crippen MR) is 92.0 cm³/mol. The van der Waals surface area contributed by atoms with Gasteiger partial charge < -0.3 is 15.6 Å². The van der Waals surface area contributed by atoms with Crippen molar-refractivity contribution in [3.63, 3.8) is 0 Å². The van der Waals surface area contributed by atoms with Gasteiger partial charge in [-0.3, -0.25) is 4.79 Å². The monoisotopic (exact) mass is 385 g/mol. The van der Waals surface area contributed by atoms with E-state index in [4.69, 9.17) is 15.6 Å². The molecule has 0 saturated carbocycles. The summed E-state index contributed by atoms with van der Waals surface area (Å²) in [6.07, 6.45) is -5.65. The van der Waals surface area contributed by atoms with Gasteiger partial charge in [-0.25, -0.2) is 4.39 Å². The number of hydrogen-bond acceptors (Lipinski definition) is 3. The molecule has 0 aromatic heterocycles. The van der Waals surface area contributed by atoms with Crippen molar-refractivity contribution >= 4 is 5.97 Å². The number of aryl methyl sites for hydroxylation is 2. The highest BCUT2D eigenvalue weighted by molar-refractivity contribution is 5.74. The van der Waals surface area contributed by atoms with E-state index in [9.17, 15) is 22.4 Å². The van der Waals surface area contributed by atoms with Crippen LogP contribution in [0.2, 0.25) is 0 Å². The maximum Gasteiger partial charge on any atom is 0.419 e. The van der Waals surface area contributed by atoms with Crippen LogP contribution in [0, 0.1) is 19.7 Å². The van der Waals surface area contributed by atoms with Crippen molar-refractivity contribution in [2.24, 2.45) is 5.73 Å². The average Bonchev–Trinajstić information content (AvgIpc) is 2.53. The summed E-state index contributed by atoms with van der Waals surface area (Å²) < 4.78 is 59.7. The molecule has 0 bridgehead atoms. The Bertz CT molecular complexity index is 855. The number of rotatable bonds is 5. The van der Waals surface area contributed by atoms with Crippen LogP contribution in [0.25, 0.3) is 11.1 Å². The minimum absolute atomic E-state index is 0.109. The summed E-state index contributed by atoms with van der Waals surface area (Å²) in [5.74, 6) is -2.35. The van der Waals surface area contributed by atoms with Crippen LogP contribution in [0.3, 0.4) is 0 Å².